The largest absolute Gasteiger partial charge is 0.456 e. The van der Waals surface area contributed by atoms with Gasteiger partial charge in [0.2, 0.25) is 0 Å². The molecule has 1 atom stereocenters. The summed E-state index contributed by atoms with van der Waals surface area (Å²) in [5, 5.41) is 10.6. The van der Waals surface area contributed by atoms with E-state index >= 15 is 0 Å². The zero-order valence-electron chi connectivity index (χ0n) is 27.6. The third kappa shape index (κ3) is 5.17. The second kappa shape index (κ2) is 12.0. The van der Waals surface area contributed by atoms with Gasteiger partial charge in [0.1, 0.15) is 22.8 Å². The van der Waals surface area contributed by atoms with E-state index in [2.05, 4.69) is 145 Å². The molecule has 4 nitrogen and oxygen atoms in total. The third-order valence-electron chi connectivity index (χ3n) is 9.92. The highest BCUT2D eigenvalue weighted by Gasteiger charge is 2.24. The van der Waals surface area contributed by atoms with E-state index in [1.165, 1.54) is 21.5 Å². The molecule has 1 aliphatic rings. The number of hydrogen-bond acceptors (Lipinski definition) is 4. The molecule has 1 unspecified atom stereocenters. The lowest BCUT2D eigenvalue weighted by molar-refractivity contribution is 0.667. The molecule has 240 valence electrons. The van der Waals surface area contributed by atoms with Gasteiger partial charge in [0.05, 0.1) is 0 Å². The number of nitrogens with zero attached hydrogens (tertiary/aromatic N) is 2. The molecule has 1 aliphatic heterocycles. The highest BCUT2D eigenvalue weighted by molar-refractivity contribution is 6.17. The Morgan fingerprint density at radius 2 is 0.980 bits per heavy atom. The number of aliphatic imine (C=N–C) groups is 2. The summed E-state index contributed by atoms with van der Waals surface area (Å²) in [6.45, 7) is 0. The van der Waals surface area contributed by atoms with Crippen LogP contribution in [0, 0.1) is 0 Å². The molecule has 0 spiro atoms. The van der Waals surface area contributed by atoms with Crippen LogP contribution in [0.3, 0.4) is 0 Å². The van der Waals surface area contributed by atoms with E-state index in [1.54, 1.807) is 0 Å². The molecule has 0 amide bonds. The molecular weight excluding hydrogens is 623 g/mol. The summed E-state index contributed by atoms with van der Waals surface area (Å²) in [5.41, 5.74) is 9.26. The van der Waals surface area contributed by atoms with E-state index in [0.29, 0.717) is 0 Å². The molecule has 1 N–H and O–H groups in total. The Morgan fingerprint density at radius 1 is 0.392 bits per heavy atom. The Hall–Kier alpha value is -6.78. The number of amidine groups is 2. The van der Waals surface area contributed by atoms with Crippen LogP contribution >= 0.6 is 0 Å². The summed E-state index contributed by atoms with van der Waals surface area (Å²) in [4.78, 5) is 10.5. The molecule has 1 aromatic heterocycles. The van der Waals surface area contributed by atoms with Gasteiger partial charge in [0, 0.05) is 27.5 Å². The van der Waals surface area contributed by atoms with Crippen molar-refractivity contribution in [2.45, 2.75) is 6.17 Å². The van der Waals surface area contributed by atoms with Crippen molar-refractivity contribution in [1.29, 1.82) is 0 Å². The van der Waals surface area contributed by atoms with E-state index in [4.69, 9.17) is 14.4 Å². The fourth-order valence-electron chi connectivity index (χ4n) is 7.39. The summed E-state index contributed by atoms with van der Waals surface area (Å²) < 4.78 is 6.48. The van der Waals surface area contributed by atoms with E-state index in [-0.39, 0.29) is 0 Å². The topological polar surface area (TPSA) is 49.9 Å². The van der Waals surface area contributed by atoms with Crippen LogP contribution in [-0.2, 0) is 0 Å². The van der Waals surface area contributed by atoms with Crippen molar-refractivity contribution in [3.63, 3.8) is 0 Å². The fraction of sp³-hybridized carbons (Fsp3) is 0.0213. The molecule has 2 heterocycles. The molecule has 4 heteroatoms. The molecule has 51 heavy (non-hydrogen) atoms. The molecule has 10 rings (SSSR count). The third-order valence-corrected chi connectivity index (χ3v) is 9.92. The van der Waals surface area contributed by atoms with Crippen LogP contribution in [0.5, 0.6) is 0 Å². The number of hydrogen-bond donors (Lipinski definition) is 1. The number of furan rings is 1. The second-order valence-electron chi connectivity index (χ2n) is 13.0. The van der Waals surface area contributed by atoms with Crippen molar-refractivity contribution in [1.82, 2.24) is 5.32 Å². The van der Waals surface area contributed by atoms with Crippen molar-refractivity contribution in [3.05, 3.63) is 193 Å². The van der Waals surface area contributed by atoms with Gasteiger partial charge in [-0.3, -0.25) is 0 Å². The van der Waals surface area contributed by atoms with Crippen LogP contribution in [0.15, 0.2) is 190 Å². The minimum absolute atomic E-state index is 0.489. The van der Waals surface area contributed by atoms with Gasteiger partial charge in [-0.25, -0.2) is 9.98 Å². The van der Waals surface area contributed by atoms with Crippen molar-refractivity contribution in [3.8, 4) is 22.3 Å². The Labute approximate surface area is 295 Å². The molecule has 8 aromatic carbocycles. The Balaban J connectivity index is 1.13. The van der Waals surface area contributed by atoms with Crippen molar-refractivity contribution >= 4 is 55.2 Å². The zero-order chi connectivity index (χ0) is 33.7. The highest BCUT2D eigenvalue weighted by Crippen LogP contribution is 2.39. The SMILES string of the molecule is c1ccc(C2=NC(c3cccc4oc5ccc(-c6ccc7ccc8ccccc8c7c6)cc5c34)N=C(c3cccc(-c4ccccc4)c3)N2)cc1. The summed E-state index contributed by atoms with van der Waals surface area (Å²) in [6, 6.07) is 61.7. The fourth-order valence-corrected chi connectivity index (χ4v) is 7.39. The standard InChI is InChI=1S/C47H31N3O/c1-3-11-30(12-4-1)34-16-9-17-37(27-34)46-48-45(33-14-5-2-6-15-33)49-47(50-46)39-19-10-20-43-44(39)41-29-36(25-26-42(41)51-43)35-24-23-32-22-21-31-13-7-8-18-38(31)40(32)28-35/h1-29,47H,(H,48,49,50). The van der Waals surface area contributed by atoms with Gasteiger partial charge in [-0.15, -0.1) is 0 Å². The number of nitrogens with one attached hydrogen (secondary N) is 1. The molecule has 0 saturated carbocycles. The summed E-state index contributed by atoms with van der Waals surface area (Å²) >= 11 is 0. The Bertz CT molecular complexity index is 2830. The maximum absolute atomic E-state index is 6.48. The quantitative estimate of drug-likeness (QED) is 0.188. The molecular formula is C47H31N3O. The van der Waals surface area contributed by atoms with Gasteiger partial charge in [-0.05, 0) is 74.1 Å². The zero-order valence-corrected chi connectivity index (χ0v) is 27.6. The lowest BCUT2D eigenvalue weighted by Gasteiger charge is -2.23. The molecule has 0 bridgehead atoms. The van der Waals surface area contributed by atoms with Crippen LogP contribution in [-0.4, -0.2) is 11.7 Å². The van der Waals surface area contributed by atoms with E-state index in [9.17, 15) is 0 Å². The van der Waals surface area contributed by atoms with E-state index in [0.717, 1.165) is 72.6 Å². The smallest absolute Gasteiger partial charge is 0.170 e. The number of benzene rings is 8. The van der Waals surface area contributed by atoms with E-state index in [1.807, 2.05) is 36.4 Å². The van der Waals surface area contributed by atoms with Gasteiger partial charge >= 0.3 is 0 Å². The molecule has 0 radical (unpaired) electrons. The maximum atomic E-state index is 6.48. The normalized spacial score (nSPS) is 14.5. The summed E-state index contributed by atoms with van der Waals surface area (Å²) in [7, 11) is 0. The van der Waals surface area contributed by atoms with Gasteiger partial charge in [-0.1, -0.05) is 146 Å². The van der Waals surface area contributed by atoms with Crippen LogP contribution in [0.25, 0.3) is 65.7 Å². The monoisotopic (exact) mass is 653 g/mol. The maximum Gasteiger partial charge on any atom is 0.170 e. The minimum atomic E-state index is -0.489. The van der Waals surface area contributed by atoms with Gasteiger partial charge in [-0.2, -0.15) is 0 Å². The minimum Gasteiger partial charge on any atom is -0.456 e. The predicted octanol–water partition coefficient (Wildman–Crippen LogP) is 11.7. The summed E-state index contributed by atoms with van der Waals surface area (Å²) in [6.07, 6.45) is -0.489. The first-order valence-corrected chi connectivity index (χ1v) is 17.3. The van der Waals surface area contributed by atoms with Crippen LogP contribution in [0.1, 0.15) is 22.9 Å². The number of fused-ring (bicyclic) bond motifs is 6. The van der Waals surface area contributed by atoms with Crippen LogP contribution in [0.2, 0.25) is 0 Å². The summed E-state index contributed by atoms with van der Waals surface area (Å²) in [5.74, 6) is 1.56. The van der Waals surface area contributed by atoms with Gasteiger partial charge in [0.25, 0.3) is 0 Å². The van der Waals surface area contributed by atoms with Crippen molar-refractivity contribution in [2.75, 3.05) is 0 Å². The van der Waals surface area contributed by atoms with Crippen LogP contribution in [0.4, 0.5) is 0 Å². The van der Waals surface area contributed by atoms with Crippen molar-refractivity contribution < 1.29 is 4.42 Å². The molecule has 0 aliphatic carbocycles. The first-order valence-electron chi connectivity index (χ1n) is 17.3. The molecule has 9 aromatic rings. The first-order chi connectivity index (χ1) is 25.2. The van der Waals surface area contributed by atoms with Gasteiger partial charge in [0.15, 0.2) is 6.17 Å². The lowest BCUT2D eigenvalue weighted by Crippen LogP contribution is -2.36. The Morgan fingerprint density at radius 3 is 1.80 bits per heavy atom. The second-order valence-corrected chi connectivity index (χ2v) is 13.0. The lowest BCUT2D eigenvalue weighted by atomic mass is 9.96. The first kappa shape index (κ1) is 29.2. The predicted molar refractivity (Wildman–Crippen MR) is 211 cm³/mol. The average molecular weight is 654 g/mol. The molecule has 0 fully saturated rings. The Kier molecular flexibility index (Phi) is 6.85. The number of rotatable bonds is 5. The van der Waals surface area contributed by atoms with E-state index < -0.39 is 6.17 Å². The van der Waals surface area contributed by atoms with Gasteiger partial charge < -0.3 is 9.73 Å². The van der Waals surface area contributed by atoms with Crippen molar-refractivity contribution in [2.24, 2.45) is 9.98 Å². The molecule has 0 saturated heterocycles. The van der Waals surface area contributed by atoms with Crippen LogP contribution < -0.4 is 5.32 Å². The highest BCUT2D eigenvalue weighted by atomic mass is 16.3. The average Bonchev–Trinajstić information content (AvgIpc) is 3.59.